The number of methoxy groups -OCH3 is 1. The minimum atomic E-state index is -3.42. The Hall–Kier alpha value is -0.620. The van der Waals surface area contributed by atoms with Crippen LogP contribution < -0.4 is 5.73 Å². The first-order valence-corrected chi connectivity index (χ1v) is 6.05. The van der Waals surface area contributed by atoms with Crippen LogP contribution in [0.25, 0.3) is 0 Å². The number of carbonyl (C=O) groups is 1. The van der Waals surface area contributed by atoms with Crippen molar-refractivity contribution in [2.75, 3.05) is 12.9 Å². The Morgan fingerprint density at radius 3 is 2.64 bits per heavy atom. The minimum Gasteiger partial charge on any atom is -0.468 e. The summed E-state index contributed by atoms with van der Waals surface area (Å²) in [6.07, 6.45) is 0.553. The molecule has 1 heterocycles. The van der Waals surface area contributed by atoms with Crippen molar-refractivity contribution in [3.63, 3.8) is 0 Å². The molecule has 0 aromatic heterocycles. The maximum atomic E-state index is 11.7. The van der Waals surface area contributed by atoms with Gasteiger partial charge in [-0.15, -0.1) is 0 Å². The lowest BCUT2D eigenvalue weighted by atomic mass is 9.99. The van der Waals surface area contributed by atoms with E-state index in [9.17, 15) is 13.2 Å². The molecule has 1 aliphatic rings. The highest BCUT2D eigenvalue weighted by Gasteiger charge is 2.50. The predicted octanol–water partition coefficient (Wildman–Crippen LogP) is -0.546. The van der Waals surface area contributed by atoms with Crippen LogP contribution in [0.2, 0.25) is 0 Å². The fraction of sp³-hybridized carbons (Fsp3) is 0.875. The number of sulfone groups is 1. The van der Waals surface area contributed by atoms with Crippen molar-refractivity contribution < 1.29 is 17.9 Å². The quantitative estimate of drug-likeness (QED) is 0.601. The van der Waals surface area contributed by atoms with E-state index in [1.54, 1.807) is 0 Å². The molecule has 6 heteroatoms. The van der Waals surface area contributed by atoms with E-state index in [2.05, 4.69) is 4.74 Å². The van der Waals surface area contributed by atoms with Gasteiger partial charge in [0, 0.05) is 6.04 Å². The molecule has 1 saturated heterocycles. The predicted molar refractivity (Wildman–Crippen MR) is 51.4 cm³/mol. The smallest absolute Gasteiger partial charge is 0.326 e. The van der Waals surface area contributed by atoms with E-state index >= 15 is 0 Å². The molecule has 1 fully saturated rings. The van der Waals surface area contributed by atoms with Gasteiger partial charge in [0.05, 0.1) is 12.9 Å². The average molecular weight is 221 g/mol. The van der Waals surface area contributed by atoms with Gasteiger partial charge in [-0.2, -0.15) is 0 Å². The molecule has 14 heavy (non-hydrogen) atoms. The van der Waals surface area contributed by atoms with Gasteiger partial charge in [-0.25, -0.2) is 8.42 Å². The van der Waals surface area contributed by atoms with E-state index in [-0.39, 0.29) is 18.2 Å². The maximum absolute atomic E-state index is 11.7. The van der Waals surface area contributed by atoms with Crippen LogP contribution in [0.4, 0.5) is 0 Å². The van der Waals surface area contributed by atoms with Crippen molar-refractivity contribution in [3.8, 4) is 0 Å². The van der Waals surface area contributed by atoms with Gasteiger partial charge >= 0.3 is 5.97 Å². The Bertz CT molecular complexity index is 337. The average Bonchev–Trinajstić information content (AvgIpc) is 2.11. The van der Waals surface area contributed by atoms with Crippen molar-refractivity contribution in [2.45, 2.75) is 30.6 Å². The first kappa shape index (κ1) is 11.5. The summed E-state index contributed by atoms with van der Waals surface area (Å²) in [5.74, 6) is -0.757. The zero-order valence-electron chi connectivity index (χ0n) is 8.32. The van der Waals surface area contributed by atoms with Gasteiger partial charge in [0.1, 0.15) is 0 Å². The molecule has 0 bridgehead atoms. The molecule has 82 valence electrons. The Kier molecular flexibility index (Phi) is 2.87. The molecule has 0 aromatic rings. The van der Waals surface area contributed by atoms with Crippen LogP contribution in [-0.2, 0) is 19.4 Å². The zero-order chi connectivity index (χ0) is 11.0. The van der Waals surface area contributed by atoms with Gasteiger partial charge < -0.3 is 10.5 Å². The summed E-state index contributed by atoms with van der Waals surface area (Å²) in [5.41, 5.74) is 5.65. The SMILES string of the molecule is COC(=O)C1(C)CC(N)CCS1(=O)=O. The zero-order valence-corrected chi connectivity index (χ0v) is 9.13. The number of rotatable bonds is 1. The maximum Gasteiger partial charge on any atom is 0.326 e. The first-order chi connectivity index (χ1) is 6.33. The fourth-order valence-corrected chi connectivity index (χ4v) is 3.56. The number of nitrogens with two attached hydrogens (primary N) is 1. The summed E-state index contributed by atoms with van der Waals surface area (Å²) in [4.78, 5) is 11.4. The van der Waals surface area contributed by atoms with Crippen molar-refractivity contribution in [2.24, 2.45) is 5.73 Å². The molecule has 2 N–H and O–H groups in total. The largest absolute Gasteiger partial charge is 0.468 e. The van der Waals surface area contributed by atoms with Crippen molar-refractivity contribution in [1.82, 2.24) is 0 Å². The summed E-state index contributed by atoms with van der Waals surface area (Å²) in [6.45, 7) is 1.38. The summed E-state index contributed by atoms with van der Waals surface area (Å²) >= 11 is 0. The number of hydrogen-bond donors (Lipinski definition) is 1. The summed E-state index contributed by atoms with van der Waals surface area (Å²) in [7, 11) is -2.24. The van der Waals surface area contributed by atoms with Gasteiger partial charge in [-0.05, 0) is 19.8 Å². The van der Waals surface area contributed by atoms with E-state index in [1.807, 2.05) is 0 Å². The first-order valence-electron chi connectivity index (χ1n) is 4.40. The van der Waals surface area contributed by atoms with Crippen LogP contribution in [0.1, 0.15) is 19.8 Å². The lowest BCUT2D eigenvalue weighted by Gasteiger charge is -2.33. The van der Waals surface area contributed by atoms with Crippen LogP contribution in [0.5, 0.6) is 0 Å². The number of hydrogen-bond acceptors (Lipinski definition) is 5. The molecule has 2 unspecified atom stereocenters. The second-order valence-electron chi connectivity index (χ2n) is 3.79. The summed E-state index contributed by atoms with van der Waals surface area (Å²) in [6, 6.07) is -0.248. The Morgan fingerprint density at radius 2 is 2.14 bits per heavy atom. The molecule has 0 radical (unpaired) electrons. The van der Waals surface area contributed by atoms with Crippen LogP contribution in [0.3, 0.4) is 0 Å². The second-order valence-corrected chi connectivity index (χ2v) is 6.33. The van der Waals surface area contributed by atoms with E-state index in [0.717, 1.165) is 0 Å². The molecule has 5 nitrogen and oxygen atoms in total. The van der Waals surface area contributed by atoms with Crippen molar-refractivity contribution in [3.05, 3.63) is 0 Å². The fourth-order valence-electron chi connectivity index (χ4n) is 1.69. The molecular weight excluding hydrogens is 206 g/mol. The highest BCUT2D eigenvalue weighted by atomic mass is 32.2. The number of ether oxygens (including phenoxy) is 1. The topological polar surface area (TPSA) is 86.5 Å². The Morgan fingerprint density at radius 1 is 1.57 bits per heavy atom. The molecule has 1 rings (SSSR count). The summed E-state index contributed by atoms with van der Waals surface area (Å²) < 4.78 is 26.4. The lowest BCUT2D eigenvalue weighted by molar-refractivity contribution is -0.143. The Labute approximate surface area is 83.5 Å². The lowest BCUT2D eigenvalue weighted by Crippen LogP contribution is -2.53. The van der Waals surface area contributed by atoms with E-state index in [0.29, 0.717) is 6.42 Å². The normalized spacial score (nSPS) is 36.4. The van der Waals surface area contributed by atoms with Crippen molar-refractivity contribution in [1.29, 1.82) is 0 Å². The summed E-state index contributed by atoms with van der Waals surface area (Å²) in [5, 5.41) is 0. The monoisotopic (exact) mass is 221 g/mol. The van der Waals surface area contributed by atoms with Gasteiger partial charge in [0.25, 0.3) is 0 Å². The van der Waals surface area contributed by atoms with Crippen LogP contribution in [0.15, 0.2) is 0 Å². The number of carbonyl (C=O) groups excluding carboxylic acids is 1. The minimum absolute atomic E-state index is 0.0419. The Balaban J connectivity index is 3.08. The molecule has 0 aromatic carbocycles. The molecule has 0 aliphatic carbocycles. The molecule has 0 saturated carbocycles. The van der Waals surface area contributed by atoms with Crippen molar-refractivity contribution >= 4 is 15.8 Å². The molecular formula is C8H15NO4S. The number of esters is 1. The van der Waals surface area contributed by atoms with Crippen LogP contribution in [-0.4, -0.2) is 38.0 Å². The third-order valence-electron chi connectivity index (χ3n) is 2.71. The highest BCUT2D eigenvalue weighted by molar-refractivity contribution is 7.93. The molecule has 1 aliphatic heterocycles. The van der Waals surface area contributed by atoms with Gasteiger partial charge in [-0.3, -0.25) is 4.79 Å². The second kappa shape index (κ2) is 3.51. The van der Waals surface area contributed by atoms with E-state index in [1.165, 1.54) is 14.0 Å². The third kappa shape index (κ3) is 1.64. The highest BCUT2D eigenvalue weighted by Crippen LogP contribution is 2.31. The molecule has 0 amide bonds. The van der Waals surface area contributed by atoms with Gasteiger partial charge in [0.15, 0.2) is 14.6 Å². The van der Waals surface area contributed by atoms with Crippen LogP contribution in [0, 0.1) is 0 Å². The van der Waals surface area contributed by atoms with E-state index in [4.69, 9.17) is 5.73 Å². The van der Waals surface area contributed by atoms with Gasteiger partial charge in [0.2, 0.25) is 0 Å². The van der Waals surface area contributed by atoms with Gasteiger partial charge in [-0.1, -0.05) is 0 Å². The van der Waals surface area contributed by atoms with E-state index < -0.39 is 20.6 Å². The molecule has 0 spiro atoms. The van der Waals surface area contributed by atoms with Crippen LogP contribution >= 0.6 is 0 Å². The molecule has 2 atom stereocenters. The third-order valence-corrected chi connectivity index (χ3v) is 5.19. The standard InChI is InChI=1S/C8H15NO4S/c1-8(7(10)13-2)5-6(9)3-4-14(8,11)12/h6H,3-5,9H2,1-2H3.